The number of alkyl halides is 1. The maximum atomic E-state index is 5.93. The fraction of sp³-hybridized carbons (Fsp3) is 0.231. The summed E-state index contributed by atoms with van der Waals surface area (Å²) in [6.07, 6.45) is 0.967. The third-order valence-electron chi connectivity index (χ3n) is 4.93. The van der Waals surface area contributed by atoms with Crippen LogP contribution in [0.25, 0.3) is 11.1 Å². The maximum Gasteiger partial charge on any atom is 0.119 e. The number of likely N-dealkylation sites (N-methyl/N-ethyl adjacent to an activating group) is 1. The summed E-state index contributed by atoms with van der Waals surface area (Å²) in [6, 6.07) is 29.9. The van der Waals surface area contributed by atoms with Crippen molar-refractivity contribution in [2.45, 2.75) is 13.3 Å². The first-order valence-corrected chi connectivity index (χ1v) is 11.6. The zero-order valence-corrected chi connectivity index (χ0v) is 19.3. The Morgan fingerprint density at radius 1 is 0.793 bits per heavy atom. The Hall–Kier alpha value is -2.11. The number of rotatable bonds is 9. The third-order valence-corrected chi connectivity index (χ3v) is 6.09. The van der Waals surface area contributed by atoms with Crippen molar-refractivity contribution in [2.75, 3.05) is 24.8 Å². The van der Waals surface area contributed by atoms with Gasteiger partial charge < -0.3 is 4.74 Å². The van der Waals surface area contributed by atoms with E-state index in [2.05, 4.69) is 126 Å². The summed E-state index contributed by atoms with van der Waals surface area (Å²) < 4.78 is 6.93. The van der Waals surface area contributed by atoms with E-state index in [1.807, 2.05) is 0 Å². The Morgan fingerprint density at radius 3 is 1.90 bits per heavy atom. The molecule has 0 unspecified atom stereocenters. The second kappa shape index (κ2) is 11.2. The van der Waals surface area contributed by atoms with E-state index < -0.39 is 0 Å². The van der Waals surface area contributed by atoms with Crippen molar-refractivity contribution in [3.8, 4) is 5.75 Å². The van der Waals surface area contributed by atoms with Crippen molar-refractivity contribution in [3.63, 3.8) is 0 Å². The third kappa shape index (κ3) is 5.94. The van der Waals surface area contributed by atoms with Crippen molar-refractivity contribution >= 4 is 33.7 Å². The summed E-state index contributed by atoms with van der Waals surface area (Å²) in [5, 5.41) is 0. The van der Waals surface area contributed by atoms with E-state index in [0.29, 0.717) is 6.61 Å². The predicted molar refractivity (Wildman–Crippen MR) is 133 cm³/mol. The van der Waals surface area contributed by atoms with Crippen molar-refractivity contribution < 1.29 is 4.74 Å². The number of nitrogens with zero attached hydrogens (tertiary/aromatic N) is 1. The van der Waals surface area contributed by atoms with Crippen LogP contribution >= 0.6 is 22.6 Å². The summed E-state index contributed by atoms with van der Waals surface area (Å²) >= 11 is 2.36. The molecule has 0 aliphatic carbocycles. The lowest BCUT2D eigenvalue weighted by molar-refractivity contribution is 0.259. The smallest absolute Gasteiger partial charge is 0.119 e. The first-order chi connectivity index (χ1) is 14.2. The van der Waals surface area contributed by atoms with Crippen molar-refractivity contribution in [3.05, 3.63) is 102 Å². The summed E-state index contributed by atoms with van der Waals surface area (Å²) in [7, 11) is 2.10. The zero-order valence-electron chi connectivity index (χ0n) is 17.1. The van der Waals surface area contributed by atoms with Gasteiger partial charge in [0, 0.05) is 6.54 Å². The summed E-state index contributed by atoms with van der Waals surface area (Å²) in [6.45, 7) is 3.85. The zero-order chi connectivity index (χ0) is 20.5. The van der Waals surface area contributed by atoms with Crippen LogP contribution in [0.1, 0.15) is 30.0 Å². The fourth-order valence-electron chi connectivity index (χ4n) is 3.38. The molecule has 0 saturated heterocycles. The van der Waals surface area contributed by atoms with Gasteiger partial charge in [0.15, 0.2) is 0 Å². The molecule has 3 aromatic rings. The number of halogens is 1. The molecular formula is C26H28INO. The highest BCUT2D eigenvalue weighted by Crippen LogP contribution is 2.34. The maximum absolute atomic E-state index is 5.93. The molecular weight excluding hydrogens is 469 g/mol. The van der Waals surface area contributed by atoms with E-state index in [-0.39, 0.29) is 0 Å². The standard InChI is InChI=1S/C26H28INO/c1-3-25(21-10-6-4-7-11-21)26(22-12-8-5-9-13-22)23-14-16-24(17-15-23)29-19-18-28(2)20-27/h4-17H,3,18-20H2,1-2H3. The molecule has 3 aromatic carbocycles. The average molecular weight is 497 g/mol. The van der Waals surface area contributed by atoms with E-state index in [9.17, 15) is 0 Å². The Kier molecular flexibility index (Phi) is 8.32. The van der Waals surface area contributed by atoms with Crippen LogP contribution in [0.2, 0.25) is 0 Å². The molecule has 0 fully saturated rings. The minimum atomic E-state index is 0.699. The Labute approximate surface area is 188 Å². The van der Waals surface area contributed by atoms with E-state index in [1.165, 1.54) is 27.8 Å². The van der Waals surface area contributed by atoms with Gasteiger partial charge in [-0.25, -0.2) is 0 Å². The second-order valence-corrected chi connectivity index (χ2v) is 7.69. The van der Waals surface area contributed by atoms with Crippen molar-refractivity contribution in [1.82, 2.24) is 4.90 Å². The van der Waals surface area contributed by atoms with Gasteiger partial charge in [-0.15, -0.1) is 0 Å². The lowest BCUT2D eigenvalue weighted by atomic mass is 9.88. The van der Waals surface area contributed by atoms with Gasteiger partial charge in [-0.05, 0) is 53.4 Å². The molecule has 0 aliphatic heterocycles. The normalized spacial score (nSPS) is 12.0. The fourth-order valence-corrected chi connectivity index (χ4v) is 3.72. The van der Waals surface area contributed by atoms with Gasteiger partial charge in [0.05, 0.1) is 4.55 Å². The molecule has 3 rings (SSSR count). The summed E-state index contributed by atoms with van der Waals surface area (Å²) in [5.41, 5.74) is 6.37. The quantitative estimate of drug-likeness (QED) is 0.140. The highest BCUT2D eigenvalue weighted by Gasteiger charge is 2.13. The van der Waals surface area contributed by atoms with Crippen LogP contribution in [0.5, 0.6) is 5.75 Å². The predicted octanol–water partition coefficient (Wildman–Crippen LogP) is 6.76. The monoisotopic (exact) mass is 497 g/mol. The first kappa shape index (κ1) is 21.6. The van der Waals surface area contributed by atoms with Gasteiger partial charge in [-0.3, -0.25) is 4.90 Å². The molecule has 0 atom stereocenters. The Bertz CT molecular complexity index is 904. The van der Waals surface area contributed by atoms with Gasteiger partial charge in [-0.2, -0.15) is 0 Å². The molecule has 0 amide bonds. The van der Waals surface area contributed by atoms with Crippen LogP contribution in [0.3, 0.4) is 0 Å². The van der Waals surface area contributed by atoms with Crippen LogP contribution in [-0.4, -0.2) is 29.7 Å². The topological polar surface area (TPSA) is 12.5 Å². The lowest BCUT2D eigenvalue weighted by Crippen LogP contribution is -2.22. The molecule has 0 bridgehead atoms. The molecule has 3 heteroatoms. The molecule has 0 radical (unpaired) electrons. The largest absolute Gasteiger partial charge is 0.492 e. The summed E-state index contributed by atoms with van der Waals surface area (Å²) in [4.78, 5) is 2.23. The lowest BCUT2D eigenvalue weighted by Gasteiger charge is -2.17. The number of hydrogen-bond acceptors (Lipinski definition) is 2. The van der Waals surface area contributed by atoms with E-state index in [4.69, 9.17) is 4.74 Å². The van der Waals surface area contributed by atoms with Gasteiger partial charge in [0.2, 0.25) is 0 Å². The van der Waals surface area contributed by atoms with E-state index >= 15 is 0 Å². The number of ether oxygens (including phenoxy) is 1. The molecule has 0 aromatic heterocycles. The van der Waals surface area contributed by atoms with Gasteiger partial charge in [0.25, 0.3) is 0 Å². The highest BCUT2D eigenvalue weighted by atomic mass is 127. The first-order valence-electron chi connectivity index (χ1n) is 10.0. The SMILES string of the molecule is CCC(=C(c1ccccc1)c1ccc(OCCN(C)CI)cc1)c1ccccc1. The van der Waals surface area contributed by atoms with Crippen LogP contribution < -0.4 is 4.74 Å². The number of benzene rings is 3. The second-order valence-electron chi connectivity index (χ2n) is 7.01. The summed E-state index contributed by atoms with van der Waals surface area (Å²) in [5.74, 6) is 0.917. The van der Waals surface area contributed by atoms with Gasteiger partial charge in [-0.1, -0.05) is 102 Å². The minimum Gasteiger partial charge on any atom is -0.492 e. The van der Waals surface area contributed by atoms with Crippen LogP contribution in [0.15, 0.2) is 84.9 Å². The average Bonchev–Trinajstić information content (AvgIpc) is 2.79. The van der Waals surface area contributed by atoms with Crippen LogP contribution in [0.4, 0.5) is 0 Å². The molecule has 2 nitrogen and oxygen atoms in total. The highest BCUT2D eigenvalue weighted by molar-refractivity contribution is 14.1. The van der Waals surface area contributed by atoms with Crippen LogP contribution in [0, 0.1) is 0 Å². The number of hydrogen-bond donors (Lipinski definition) is 0. The molecule has 0 spiro atoms. The molecule has 29 heavy (non-hydrogen) atoms. The Balaban J connectivity index is 1.94. The van der Waals surface area contributed by atoms with Crippen LogP contribution in [-0.2, 0) is 0 Å². The molecule has 0 heterocycles. The molecule has 0 saturated carbocycles. The molecule has 150 valence electrons. The Morgan fingerprint density at radius 2 is 1.34 bits per heavy atom. The molecule has 0 aliphatic rings. The van der Waals surface area contributed by atoms with Gasteiger partial charge >= 0.3 is 0 Å². The van der Waals surface area contributed by atoms with E-state index in [1.54, 1.807) is 0 Å². The number of allylic oxidation sites excluding steroid dienone is 1. The van der Waals surface area contributed by atoms with Crippen molar-refractivity contribution in [1.29, 1.82) is 0 Å². The molecule has 0 N–H and O–H groups in total. The van der Waals surface area contributed by atoms with E-state index in [0.717, 1.165) is 23.3 Å². The van der Waals surface area contributed by atoms with Gasteiger partial charge in [0.1, 0.15) is 12.4 Å². The minimum absolute atomic E-state index is 0.699. The van der Waals surface area contributed by atoms with Crippen molar-refractivity contribution in [2.24, 2.45) is 0 Å².